The molecule has 0 spiro atoms. The van der Waals surface area contributed by atoms with Gasteiger partial charge in [0.2, 0.25) is 5.91 Å². The van der Waals surface area contributed by atoms with Crippen LogP contribution in [0, 0.1) is 5.92 Å². The van der Waals surface area contributed by atoms with Gasteiger partial charge in [-0.3, -0.25) is 14.5 Å². The van der Waals surface area contributed by atoms with E-state index in [-0.39, 0.29) is 11.8 Å². The lowest BCUT2D eigenvalue weighted by Gasteiger charge is -2.31. The van der Waals surface area contributed by atoms with Crippen molar-refractivity contribution in [3.8, 4) is 0 Å². The van der Waals surface area contributed by atoms with Gasteiger partial charge in [-0.2, -0.15) is 11.8 Å². The van der Waals surface area contributed by atoms with Gasteiger partial charge in [0.15, 0.2) is 0 Å². The van der Waals surface area contributed by atoms with Crippen molar-refractivity contribution in [2.45, 2.75) is 19.9 Å². The van der Waals surface area contributed by atoms with Gasteiger partial charge in [0.25, 0.3) is 0 Å². The van der Waals surface area contributed by atoms with Gasteiger partial charge in [0.1, 0.15) is 6.04 Å². The Morgan fingerprint density at radius 2 is 2.00 bits per heavy atom. The summed E-state index contributed by atoms with van der Waals surface area (Å²) in [5.41, 5.74) is 2.30. The molecular weight excluding hydrogens is 338 g/mol. The van der Waals surface area contributed by atoms with Crippen LogP contribution in [0.2, 0.25) is 0 Å². The van der Waals surface area contributed by atoms with Crippen LogP contribution in [-0.4, -0.2) is 51.5 Å². The highest BCUT2D eigenvalue weighted by Gasteiger charge is 2.30. The van der Waals surface area contributed by atoms with E-state index >= 15 is 0 Å². The number of amides is 1. The number of benzene rings is 1. The standard InChI is InChI=1S/C18H23N3O3S/c1-11(2)17(22)20-12-3-4-15-13(9-12)14(10-19-15)16(18(23)24)21-5-7-25-8-6-21/h3-4,9-11,16,19H,5-8H2,1-2H3,(H,20,22)(H,23,24). The number of hydrogen-bond acceptors (Lipinski definition) is 4. The second-order valence-electron chi connectivity index (χ2n) is 6.54. The average molecular weight is 361 g/mol. The summed E-state index contributed by atoms with van der Waals surface area (Å²) in [5, 5.41) is 13.5. The molecule has 134 valence electrons. The minimum atomic E-state index is -0.843. The zero-order valence-corrected chi connectivity index (χ0v) is 15.2. The normalized spacial score (nSPS) is 16.9. The van der Waals surface area contributed by atoms with Gasteiger partial charge in [0, 0.05) is 58.9 Å². The number of H-pyrrole nitrogens is 1. The molecule has 0 radical (unpaired) electrons. The fourth-order valence-electron chi connectivity index (χ4n) is 3.05. The summed E-state index contributed by atoms with van der Waals surface area (Å²) in [6.45, 7) is 5.20. The second kappa shape index (κ2) is 7.49. The number of aromatic amines is 1. The number of anilines is 1. The van der Waals surface area contributed by atoms with E-state index in [9.17, 15) is 14.7 Å². The Balaban J connectivity index is 1.96. The van der Waals surface area contributed by atoms with Gasteiger partial charge in [-0.15, -0.1) is 0 Å². The highest BCUT2D eigenvalue weighted by molar-refractivity contribution is 7.99. The molecule has 1 saturated heterocycles. The van der Waals surface area contributed by atoms with Gasteiger partial charge in [0.05, 0.1) is 0 Å². The lowest BCUT2D eigenvalue weighted by atomic mass is 10.0. The minimum Gasteiger partial charge on any atom is -0.480 e. The van der Waals surface area contributed by atoms with Crippen molar-refractivity contribution < 1.29 is 14.7 Å². The third-order valence-corrected chi connectivity index (χ3v) is 5.39. The number of hydrogen-bond donors (Lipinski definition) is 3. The van der Waals surface area contributed by atoms with Gasteiger partial charge < -0.3 is 15.4 Å². The number of carboxylic acids is 1. The van der Waals surface area contributed by atoms with Crippen LogP contribution in [0.4, 0.5) is 5.69 Å². The Bertz CT molecular complexity index is 781. The van der Waals surface area contributed by atoms with E-state index in [2.05, 4.69) is 10.3 Å². The van der Waals surface area contributed by atoms with Crippen molar-refractivity contribution in [1.29, 1.82) is 0 Å². The monoisotopic (exact) mass is 361 g/mol. The zero-order chi connectivity index (χ0) is 18.0. The molecule has 0 saturated carbocycles. The van der Waals surface area contributed by atoms with Crippen LogP contribution < -0.4 is 5.32 Å². The maximum atomic E-state index is 12.0. The number of fused-ring (bicyclic) bond motifs is 1. The highest BCUT2D eigenvalue weighted by atomic mass is 32.2. The first-order valence-electron chi connectivity index (χ1n) is 8.44. The average Bonchev–Trinajstić information content (AvgIpc) is 2.99. The van der Waals surface area contributed by atoms with Crippen LogP contribution >= 0.6 is 11.8 Å². The minimum absolute atomic E-state index is 0.0562. The molecule has 6 nitrogen and oxygen atoms in total. The third kappa shape index (κ3) is 3.82. The topological polar surface area (TPSA) is 85.4 Å². The molecule has 1 aromatic carbocycles. The lowest BCUT2D eigenvalue weighted by Crippen LogP contribution is -2.39. The van der Waals surface area contributed by atoms with Gasteiger partial charge >= 0.3 is 5.97 Å². The molecule has 1 unspecified atom stereocenters. The first kappa shape index (κ1) is 17.8. The maximum Gasteiger partial charge on any atom is 0.325 e. The van der Waals surface area contributed by atoms with Crippen LogP contribution in [0.25, 0.3) is 10.9 Å². The van der Waals surface area contributed by atoms with Crippen molar-refractivity contribution >= 4 is 40.2 Å². The Hall–Kier alpha value is -1.99. The van der Waals surface area contributed by atoms with Crippen molar-refractivity contribution in [3.63, 3.8) is 0 Å². The summed E-state index contributed by atoms with van der Waals surface area (Å²) >= 11 is 1.85. The number of carbonyl (C=O) groups is 2. The number of carbonyl (C=O) groups excluding carboxylic acids is 1. The Morgan fingerprint density at radius 3 is 2.64 bits per heavy atom. The smallest absolute Gasteiger partial charge is 0.325 e. The number of aromatic nitrogens is 1. The molecule has 1 amide bonds. The van der Waals surface area contributed by atoms with E-state index in [1.165, 1.54) is 0 Å². The van der Waals surface area contributed by atoms with E-state index in [0.717, 1.165) is 41.1 Å². The summed E-state index contributed by atoms with van der Waals surface area (Å²) in [6.07, 6.45) is 1.78. The number of carboxylic acid groups (broad SMARTS) is 1. The van der Waals surface area contributed by atoms with Gasteiger partial charge in [-0.1, -0.05) is 13.8 Å². The lowest BCUT2D eigenvalue weighted by molar-refractivity contribution is -0.143. The Kier molecular flexibility index (Phi) is 5.34. The molecular formula is C18H23N3O3S. The molecule has 2 aromatic rings. The maximum absolute atomic E-state index is 12.0. The molecule has 0 bridgehead atoms. The summed E-state index contributed by atoms with van der Waals surface area (Å²) in [6, 6.07) is 4.89. The molecule has 0 aliphatic carbocycles. The summed E-state index contributed by atoms with van der Waals surface area (Å²) in [7, 11) is 0. The van der Waals surface area contributed by atoms with Crippen LogP contribution in [0.1, 0.15) is 25.5 Å². The number of nitrogens with zero attached hydrogens (tertiary/aromatic N) is 1. The van der Waals surface area contributed by atoms with Crippen molar-refractivity contribution in [2.75, 3.05) is 29.9 Å². The molecule has 7 heteroatoms. The highest BCUT2D eigenvalue weighted by Crippen LogP contribution is 2.32. The molecule has 1 aliphatic rings. The summed E-state index contributed by atoms with van der Waals surface area (Å²) in [4.78, 5) is 29.1. The molecule has 25 heavy (non-hydrogen) atoms. The van der Waals surface area contributed by atoms with E-state index in [4.69, 9.17) is 0 Å². The van der Waals surface area contributed by atoms with Gasteiger partial charge in [-0.25, -0.2) is 0 Å². The third-order valence-electron chi connectivity index (χ3n) is 4.44. The van der Waals surface area contributed by atoms with Crippen molar-refractivity contribution in [1.82, 2.24) is 9.88 Å². The van der Waals surface area contributed by atoms with E-state index < -0.39 is 12.0 Å². The summed E-state index contributed by atoms with van der Waals surface area (Å²) < 4.78 is 0. The Labute approximate surface area is 151 Å². The molecule has 2 heterocycles. The summed E-state index contributed by atoms with van der Waals surface area (Å²) in [5.74, 6) is 0.881. The predicted octanol–water partition coefficient (Wildman–Crippen LogP) is 2.94. The number of rotatable bonds is 5. The number of aliphatic carboxylic acids is 1. The van der Waals surface area contributed by atoms with Crippen LogP contribution in [0.5, 0.6) is 0 Å². The first-order chi connectivity index (χ1) is 12.0. The van der Waals surface area contributed by atoms with Crippen LogP contribution in [0.15, 0.2) is 24.4 Å². The zero-order valence-electron chi connectivity index (χ0n) is 14.4. The Morgan fingerprint density at radius 1 is 1.28 bits per heavy atom. The molecule has 1 aliphatic heterocycles. The predicted molar refractivity (Wildman–Crippen MR) is 101 cm³/mol. The van der Waals surface area contributed by atoms with E-state index in [1.54, 1.807) is 6.20 Å². The van der Waals surface area contributed by atoms with E-state index in [0.29, 0.717) is 5.69 Å². The fraction of sp³-hybridized carbons (Fsp3) is 0.444. The van der Waals surface area contributed by atoms with Crippen LogP contribution in [0.3, 0.4) is 0 Å². The SMILES string of the molecule is CC(C)C(=O)Nc1ccc2[nH]cc(C(C(=O)O)N3CCSCC3)c2c1. The molecule has 3 N–H and O–H groups in total. The van der Waals surface area contributed by atoms with Crippen LogP contribution in [-0.2, 0) is 9.59 Å². The van der Waals surface area contributed by atoms with E-state index in [1.807, 2.05) is 48.7 Å². The molecule has 1 atom stereocenters. The largest absolute Gasteiger partial charge is 0.480 e. The second-order valence-corrected chi connectivity index (χ2v) is 7.76. The van der Waals surface area contributed by atoms with Crippen molar-refractivity contribution in [3.05, 3.63) is 30.0 Å². The van der Waals surface area contributed by atoms with Crippen molar-refractivity contribution in [2.24, 2.45) is 5.92 Å². The molecule has 3 rings (SSSR count). The number of thioether (sulfide) groups is 1. The quantitative estimate of drug-likeness (QED) is 0.762. The molecule has 1 fully saturated rings. The first-order valence-corrected chi connectivity index (χ1v) is 9.59. The van der Waals surface area contributed by atoms with Gasteiger partial charge in [-0.05, 0) is 18.2 Å². The fourth-order valence-corrected chi connectivity index (χ4v) is 3.99. The molecule has 1 aromatic heterocycles. The number of nitrogens with one attached hydrogen (secondary N) is 2.